The molecule has 0 unspecified atom stereocenters. The van der Waals surface area contributed by atoms with E-state index in [2.05, 4.69) is 138 Å². The minimum absolute atomic E-state index is 0.190. The van der Waals surface area contributed by atoms with Crippen LogP contribution in [0.15, 0.2) is 133 Å². The number of hydrogen-bond acceptors (Lipinski definition) is 5. The molecule has 68 heavy (non-hydrogen) atoms. The van der Waals surface area contributed by atoms with Crippen molar-refractivity contribution in [3.05, 3.63) is 178 Å². The lowest BCUT2D eigenvalue weighted by Gasteiger charge is -2.38. The zero-order valence-electron chi connectivity index (χ0n) is 39.2. The van der Waals surface area contributed by atoms with Gasteiger partial charge in [0.15, 0.2) is 0 Å². The molecule has 11 rings (SSSR count). The Kier molecular flexibility index (Phi) is 9.39. The lowest BCUT2D eigenvalue weighted by atomic mass is 9.70. The zero-order chi connectivity index (χ0) is 47.6. The van der Waals surface area contributed by atoms with E-state index in [1.54, 1.807) is 24.3 Å². The van der Waals surface area contributed by atoms with E-state index in [4.69, 9.17) is 4.74 Å². The Labute approximate surface area is 393 Å². The van der Waals surface area contributed by atoms with Gasteiger partial charge in [0.2, 0.25) is 0 Å². The van der Waals surface area contributed by atoms with E-state index in [1.807, 2.05) is 48.5 Å². The van der Waals surface area contributed by atoms with Gasteiger partial charge in [-0.3, -0.25) is 40.9 Å². The summed E-state index contributed by atoms with van der Waals surface area (Å²) in [5, 5.41) is 12.1. The second kappa shape index (κ2) is 15.0. The van der Waals surface area contributed by atoms with Gasteiger partial charge < -0.3 is 4.74 Å². The van der Waals surface area contributed by atoms with Gasteiger partial charge in [0.25, 0.3) is 23.6 Å². The molecule has 0 aromatic heterocycles. The Balaban J connectivity index is 0.934. The molecule has 0 fully saturated rings. The number of benzene rings is 10. The Morgan fingerprint density at radius 1 is 0.397 bits per heavy atom. The molecule has 10 aromatic rings. The van der Waals surface area contributed by atoms with Crippen molar-refractivity contribution >= 4 is 88.3 Å². The predicted octanol–water partition coefficient (Wildman–Crippen LogP) is 12.7. The van der Waals surface area contributed by atoms with Crippen LogP contribution < -0.4 is 26.4 Å². The summed E-state index contributed by atoms with van der Waals surface area (Å²) < 4.78 is 6.83. The Bertz CT molecular complexity index is 3520. The summed E-state index contributed by atoms with van der Waals surface area (Å²) >= 11 is 0. The molecule has 4 N–H and O–H groups in total. The zero-order valence-corrected chi connectivity index (χ0v) is 39.2. The molecule has 9 heteroatoms. The second-order valence-corrected chi connectivity index (χ2v) is 20.8. The van der Waals surface area contributed by atoms with Gasteiger partial charge in [-0.2, -0.15) is 0 Å². The third kappa shape index (κ3) is 6.67. The Hall–Kier alpha value is -8.04. The van der Waals surface area contributed by atoms with Crippen LogP contribution in [0.5, 0.6) is 11.5 Å². The quantitative estimate of drug-likeness (QED) is 0.103. The molecule has 0 atom stereocenters. The van der Waals surface area contributed by atoms with E-state index in [0.717, 1.165) is 86.9 Å². The summed E-state index contributed by atoms with van der Waals surface area (Å²) in [6.07, 6.45) is 0. The van der Waals surface area contributed by atoms with E-state index in [1.165, 1.54) is 0 Å². The average molecular weight is 895 g/mol. The number of hydrazine groups is 2. The van der Waals surface area contributed by atoms with Gasteiger partial charge in [-0.25, -0.2) is 0 Å². The number of amides is 4. The summed E-state index contributed by atoms with van der Waals surface area (Å²) in [6, 6.07) is 43.7. The molecule has 1 aliphatic rings. The van der Waals surface area contributed by atoms with E-state index in [-0.39, 0.29) is 33.5 Å². The van der Waals surface area contributed by atoms with Crippen molar-refractivity contribution < 1.29 is 23.9 Å². The molecule has 0 spiro atoms. The number of fused-ring (bicyclic) bond motifs is 2. The lowest BCUT2D eigenvalue weighted by molar-refractivity contribution is 0.0843. The maximum atomic E-state index is 14.6. The van der Waals surface area contributed by atoms with Crippen molar-refractivity contribution in [2.75, 3.05) is 0 Å². The molecule has 0 saturated carbocycles. The Morgan fingerprint density at radius 3 is 1.06 bits per heavy atom. The van der Waals surface area contributed by atoms with Gasteiger partial charge in [-0.15, -0.1) is 0 Å². The highest BCUT2D eigenvalue weighted by molar-refractivity contribution is 6.27. The summed E-state index contributed by atoms with van der Waals surface area (Å²) in [6.45, 7) is 16.6. The third-order valence-corrected chi connectivity index (χ3v) is 14.1. The summed E-state index contributed by atoms with van der Waals surface area (Å²) in [7, 11) is 0. The van der Waals surface area contributed by atoms with Crippen LogP contribution in [0, 0.1) is 0 Å². The van der Waals surface area contributed by atoms with Gasteiger partial charge in [0.1, 0.15) is 11.5 Å². The molecule has 4 amide bonds. The SMILES string of the molecule is CC(C)(C)c1cc(C(=O)NNC(=O)c2ccc3ccc4cccc5ccc2c3c45)c2c(c1)C(C)(C)c1cc(C(C)(C)C)cc(C(=O)NNC(=O)c3ccc4ccc5cccc6ccc3c4c56)c1O2. The van der Waals surface area contributed by atoms with Crippen LogP contribution in [0.3, 0.4) is 0 Å². The monoisotopic (exact) mass is 894 g/mol. The molecule has 10 aromatic carbocycles. The predicted molar refractivity (Wildman–Crippen MR) is 273 cm³/mol. The number of carbonyl (C=O) groups is 4. The van der Waals surface area contributed by atoms with E-state index in [9.17, 15) is 19.2 Å². The van der Waals surface area contributed by atoms with Gasteiger partial charge in [-0.05, 0) is 111 Å². The van der Waals surface area contributed by atoms with Gasteiger partial charge in [-0.1, -0.05) is 165 Å². The van der Waals surface area contributed by atoms with Crippen LogP contribution in [0.2, 0.25) is 0 Å². The van der Waals surface area contributed by atoms with Gasteiger partial charge >= 0.3 is 0 Å². The standard InChI is InChI=1S/C59H50N4O5/c1-57(2,3)37-27-43(55(66)62-60-53(64)41-25-21-35-17-15-31-11-9-13-33-19-23-39(41)49(35)47(31)33)51-45(29-37)59(7,8)46-30-38(58(4,5)6)28-44(52(46)68-51)56(67)63-61-54(65)42-26-22-36-18-16-32-12-10-14-34-20-24-40(42)50(36)48(32)34/h9-30H,1-8H3,(H,60,64)(H,61,65)(H,62,66)(H,63,67). The number of nitrogens with one attached hydrogen (secondary N) is 4. The topological polar surface area (TPSA) is 126 Å². The fourth-order valence-corrected chi connectivity index (χ4v) is 10.2. The van der Waals surface area contributed by atoms with Crippen molar-refractivity contribution in [3.63, 3.8) is 0 Å². The van der Waals surface area contributed by atoms with Crippen molar-refractivity contribution in [2.45, 2.75) is 71.6 Å². The number of rotatable bonds is 4. The Morgan fingerprint density at radius 2 is 0.706 bits per heavy atom. The highest BCUT2D eigenvalue weighted by atomic mass is 16.5. The summed E-state index contributed by atoms with van der Waals surface area (Å²) in [5.74, 6) is -1.59. The normalized spacial score (nSPS) is 13.5. The van der Waals surface area contributed by atoms with Crippen LogP contribution in [-0.4, -0.2) is 23.6 Å². The van der Waals surface area contributed by atoms with Gasteiger partial charge in [0, 0.05) is 27.7 Å². The maximum Gasteiger partial charge on any atom is 0.273 e. The molecule has 1 heterocycles. The molecule has 0 saturated heterocycles. The fraction of sp³-hybridized carbons (Fsp3) is 0.186. The minimum atomic E-state index is -0.786. The van der Waals surface area contributed by atoms with Crippen LogP contribution in [0.4, 0.5) is 0 Å². The third-order valence-electron chi connectivity index (χ3n) is 14.1. The molecule has 9 nitrogen and oxygen atoms in total. The molecule has 0 bridgehead atoms. The first-order valence-corrected chi connectivity index (χ1v) is 23.0. The smallest absolute Gasteiger partial charge is 0.273 e. The van der Waals surface area contributed by atoms with E-state index >= 15 is 0 Å². The molecular formula is C59H50N4O5. The van der Waals surface area contributed by atoms with Crippen LogP contribution >= 0.6 is 0 Å². The maximum absolute atomic E-state index is 14.6. The van der Waals surface area contributed by atoms with Gasteiger partial charge in [0.05, 0.1) is 11.1 Å². The largest absolute Gasteiger partial charge is 0.455 e. The first-order valence-electron chi connectivity index (χ1n) is 23.0. The molecule has 1 aliphatic heterocycles. The molecule has 0 radical (unpaired) electrons. The average Bonchev–Trinajstić information content (AvgIpc) is 3.32. The van der Waals surface area contributed by atoms with Crippen molar-refractivity contribution in [1.82, 2.24) is 21.7 Å². The van der Waals surface area contributed by atoms with Crippen molar-refractivity contribution in [1.29, 1.82) is 0 Å². The highest BCUT2D eigenvalue weighted by Gasteiger charge is 2.41. The van der Waals surface area contributed by atoms with Crippen LogP contribution in [0.1, 0.15) is 119 Å². The molecule has 336 valence electrons. The van der Waals surface area contributed by atoms with Crippen LogP contribution in [-0.2, 0) is 16.2 Å². The summed E-state index contributed by atoms with van der Waals surface area (Å²) in [4.78, 5) is 57.3. The number of hydrogen-bond donors (Lipinski definition) is 4. The number of ether oxygens (including phenoxy) is 1. The first-order chi connectivity index (χ1) is 32.4. The van der Waals surface area contributed by atoms with E-state index < -0.39 is 29.0 Å². The lowest BCUT2D eigenvalue weighted by Crippen LogP contribution is -2.43. The molecular weight excluding hydrogens is 845 g/mol. The minimum Gasteiger partial charge on any atom is -0.455 e. The molecule has 0 aliphatic carbocycles. The van der Waals surface area contributed by atoms with Crippen molar-refractivity contribution in [3.8, 4) is 11.5 Å². The first kappa shape index (κ1) is 42.6. The summed E-state index contributed by atoms with van der Waals surface area (Å²) in [5.41, 5.74) is 13.8. The van der Waals surface area contributed by atoms with Crippen LogP contribution in [0.25, 0.3) is 64.6 Å². The highest BCUT2D eigenvalue weighted by Crippen LogP contribution is 2.53. The second-order valence-electron chi connectivity index (χ2n) is 20.8. The van der Waals surface area contributed by atoms with E-state index in [0.29, 0.717) is 11.1 Å². The fourth-order valence-electron chi connectivity index (χ4n) is 10.2. The number of carbonyl (C=O) groups excluding carboxylic acids is 4. The van der Waals surface area contributed by atoms with Crippen molar-refractivity contribution in [2.24, 2.45) is 0 Å².